The molecular formula is C15H20N4O3. The van der Waals surface area contributed by atoms with Gasteiger partial charge in [-0.3, -0.25) is 14.6 Å². The molecular weight excluding hydrogens is 284 g/mol. The average Bonchev–Trinajstić information content (AvgIpc) is 2.59. The summed E-state index contributed by atoms with van der Waals surface area (Å²) in [5.74, 6) is -0.665. The number of aldehydes is 1. The maximum absolute atomic E-state index is 12.2. The predicted molar refractivity (Wildman–Crippen MR) is 78.9 cm³/mol. The van der Waals surface area contributed by atoms with Crippen molar-refractivity contribution in [3.63, 3.8) is 0 Å². The van der Waals surface area contributed by atoms with Gasteiger partial charge in [-0.1, -0.05) is 19.3 Å². The highest BCUT2D eigenvalue weighted by Gasteiger charge is 2.31. The van der Waals surface area contributed by atoms with Gasteiger partial charge in [0.05, 0.1) is 12.7 Å². The average molecular weight is 304 g/mol. The zero-order chi connectivity index (χ0) is 15.8. The molecule has 2 amide bonds. The summed E-state index contributed by atoms with van der Waals surface area (Å²) in [6, 6.07) is -0.644. The highest BCUT2D eigenvalue weighted by atomic mass is 16.2. The first kappa shape index (κ1) is 16.1. The molecule has 1 aromatic heterocycles. The van der Waals surface area contributed by atoms with Crippen LogP contribution < -0.4 is 10.6 Å². The molecule has 2 N–H and O–H groups in total. The van der Waals surface area contributed by atoms with E-state index < -0.39 is 11.9 Å². The van der Waals surface area contributed by atoms with E-state index in [4.69, 9.17) is 0 Å². The van der Waals surface area contributed by atoms with Gasteiger partial charge in [-0.15, -0.1) is 0 Å². The number of aromatic nitrogens is 2. The Bertz CT molecular complexity index is 515. The standard InChI is InChI=1S/C15H20N4O3/c20-9-8-18-15(22)13(11-4-2-1-3-5-11)19-14(21)12-10-16-6-7-17-12/h6-7,9-11,13H,1-5,8H2,(H,18,22)(H,19,21). The molecule has 0 saturated heterocycles. The maximum atomic E-state index is 12.2. The molecule has 1 unspecified atom stereocenters. The number of carbonyl (C=O) groups is 3. The number of rotatable bonds is 6. The van der Waals surface area contributed by atoms with Gasteiger partial charge in [0, 0.05) is 12.4 Å². The molecule has 7 nitrogen and oxygen atoms in total. The van der Waals surface area contributed by atoms with Crippen LogP contribution in [0, 0.1) is 5.92 Å². The molecule has 0 radical (unpaired) electrons. The van der Waals surface area contributed by atoms with Crippen molar-refractivity contribution in [2.24, 2.45) is 5.92 Å². The predicted octanol–water partition coefficient (Wildman–Crippen LogP) is 0.470. The summed E-state index contributed by atoms with van der Waals surface area (Å²) in [7, 11) is 0. The van der Waals surface area contributed by atoms with E-state index in [1.807, 2.05) is 0 Å². The summed E-state index contributed by atoms with van der Waals surface area (Å²) in [5.41, 5.74) is 0.173. The number of hydrogen-bond donors (Lipinski definition) is 2. The van der Waals surface area contributed by atoms with Crippen molar-refractivity contribution in [2.75, 3.05) is 6.54 Å². The lowest BCUT2D eigenvalue weighted by atomic mass is 9.83. The summed E-state index contributed by atoms with van der Waals surface area (Å²) in [5, 5.41) is 5.27. The van der Waals surface area contributed by atoms with Crippen LogP contribution >= 0.6 is 0 Å². The van der Waals surface area contributed by atoms with Crippen LogP contribution in [0.1, 0.15) is 42.6 Å². The van der Waals surface area contributed by atoms with Crippen LogP contribution in [0.25, 0.3) is 0 Å². The fraction of sp³-hybridized carbons (Fsp3) is 0.533. The minimum Gasteiger partial charge on any atom is -0.348 e. The molecule has 1 heterocycles. The van der Waals surface area contributed by atoms with Crippen LogP contribution in [0.2, 0.25) is 0 Å². The third-order valence-corrected chi connectivity index (χ3v) is 3.85. The smallest absolute Gasteiger partial charge is 0.272 e. The van der Waals surface area contributed by atoms with Crippen LogP contribution in [0.3, 0.4) is 0 Å². The second kappa shape index (κ2) is 8.21. The maximum Gasteiger partial charge on any atom is 0.272 e. The Labute approximate surface area is 128 Å². The van der Waals surface area contributed by atoms with Gasteiger partial charge in [-0.05, 0) is 18.8 Å². The molecule has 1 fully saturated rings. The summed E-state index contributed by atoms with van der Waals surface area (Å²) in [6.45, 7) is -0.0525. The largest absolute Gasteiger partial charge is 0.348 e. The molecule has 1 aromatic rings. The summed E-state index contributed by atoms with van der Waals surface area (Å²) < 4.78 is 0. The van der Waals surface area contributed by atoms with Crippen molar-refractivity contribution in [1.29, 1.82) is 0 Å². The van der Waals surface area contributed by atoms with E-state index in [2.05, 4.69) is 20.6 Å². The van der Waals surface area contributed by atoms with E-state index in [0.29, 0.717) is 6.29 Å². The van der Waals surface area contributed by atoms with Gasteiger partial charge < -0.3 is 15.4 Å². The van der Waals surface area contributed by atoms with Crippen LogP contribution in [-0.4, -0.2) is 40.7 Å². The number of nitrogens with one attached hydrogen (secondary N) is 2. The van der Waals surface area contributed by atoms with E-state index in [1.54, 1.807) is 0 Å². The number of nitrogens with zero attached hydrogens (tertiary/aromatic N) is 2. The van der Waals surface area contributed by atoms with Crippen LogP contribution in [0.5, 0.6) is 0 Å². The molecule has 1 aliphatic rings. The fourth-order valence-corrected chi connectivity index (χ4v) is 2.75. The molecule has 1 saturated carbocycles. The lowest BCUT2D eigenvalue weighted by Gasteiger charge is -2.29. The number of carbonyl (C=O) groups excluding carboxylic acids is 3. The lowest BCUT2D eigenvalue weighted by Crippen LogP contribution is -2.51. The Hall–Kier alpha value is -2.31. The van der Waals surface area contributed by atoms with Crippen molar-refractivity contribution >= 4 is 18.1 Å². The quantitative estimate of drug-likeness (QED) is 0.744. The summed E-state index contributed by atoms with van der Waals surface area (Å²) >= 11 is 0. The monoisotopic (exact) mass is 304 g/mol. The Kier molecular flexibility index (Phi) is 6.00. The minimum atomic E-state index is -0.644. The summed E-state index contributed by atoms with van der Waals surface area (Å²) in [6.07, 6.45) is 9.91. The van der Waals surface area contributed by atoms with Crippen LogP contribution in [0.4, 0.5) is 0 Å². The first-order chi connectivity index (χ1) is 10.7. The number of hydrogen-bond acceptors (Lipinski definition) is 5. The Morgan fingerprint density at radius 1 is 1.27 bits per heavy atom. The molecule has 0 bridgehead atoms. The van der Waals surface area contributed by atoms with E-state index in [-0.39, 0.29) is 24.1 Å². The highest BCUT2D eigenvalue weighted by Crippen LogP contribution is 2.26. The Balaban J connectivity index is 2.07. The van der Waals surface area contributed by atoms with E-state index >= 15 is 0 Å². The molecule has 0 aliphatic heterocycles. The van der Waals surface area contributed by atoms with Gasteiger partial charge in [0.2, 0.25) is 5.91 Å². The Morgan fingerprint density at radius 3 is 2.68 bits per heavy atom. The van der Waals surface area contributed by atoms with E-state index in [9.17, 15) is 14.4 Å². The van der Waals surface area contributed by atoms with Crippen LogP contribution in [0.15, 0.2) is 18.6 Å². The SMILES string of the molecule is O=CCNC(=O)C(NC(=O)c1cnccn1)C1CCCCC1. The van der Waals surface area contributed by atoms with Crippen molar-refractivity contribution in [2.45, 2.75) is 38.1 Å². The lowest BCUT2D eigenvalue weighted by molar-refractivity contribution is -0.125. The molecule has 1 atom stereocenters. The van der Waals surface area contributed by atoms with Gasteiger partial charge in [0.1, 0.15) is 18.0 Å². The molecule has 0 aromatic carbocycles. The second-order valence-corrected chi connectivity index (χ2v) is 5.35. The van der Waals surface area contributed by atoms with Crippen molar-refractivity contribution in [3.05, 3.63) is 24.3 Å². The first-order valence-corrected chi connectivity index (χ1v) is 7.50. The van der Waals surface area contributed by atoms with Crippen LogP contribution in [-0.2, 0) is 9.59 Å². The molecule has 1 aliphatic carbocycles. The topological polar surface area (TPSA) is 101 Å². The third kappa shape index (κ3) is 4.34. The molecule has 0 spiro atoms. The van der Waals surface area contributed by atoms with E-state index in [0.717, 1.165) is 32.1 Å². The fourth-order valence-electron chi connectivity index (χ4n) is 2.75. The van der Waals surface area contributed by atoms with Gasteiger partial charge in [-0.2, -0.15) is 0 Å². The van der Waals surface area contributed by atoms with Crippen molar-refractivity contribution in [3.8, 4) is 0 Å². The van der Waals surface area contributed by atoms with Gasteiger partial charge in [0.25, 0.3) is 5.91 Å². The van der Waals surface area contributed by atoms with Crippen molar-refractivity contribution < 1.29 is 14.4 Å². The first-order valence-electron chi connectivity index (χ1n) is 7.50. The molecule has 118 valence electrons. The van der Waals surface area contributed by atoms with Crippen molar-refractivity contribution in [1.82, 2.24) is 20.6 Å². The van der Waals surface area contributed by atoms with E-state index in [1.165, 1.54) is 18.6 Å². The zero-order valence-corrected chi connectivity index (χ0v) is 12.3. The molecule has 2 rings (SSSR count). The van der Waals surface area contributed by atoms with Gasteiger partial charge in [-0.25, -0.2) is 4.98 Å². The molecule has 22 heavy (non-hydrogen) atoms. The third-order valence-electron chi connectivity index (χ3n) is 3.85. The Morgan fingerprint density at radius 2 is 2.05 bits per heavy atom. The van der Waals surface area contributed by atoms with Gasteiger partial charge >= 0.3 is 0 Å². The minimum absolute atomic E-state index is 0.0525. The normalized spacial score (nSPS) is 16.5. The second-order valence-electron chi connectivity index (χ2n) is 5.35. The highest BCUT2D eigenvalue weighted by molar-refractivity contribution is 5.96. The van der Waals surface area contributed by atoms with Gasteiger partial charge in [0.15, 0.2) is 0 Å². The number of amides is 2. The molecule has 7 heteroatoms. The summed E-state index contributed by atoms with van der Waals surface area (Å²) in [4.78, 5) is 42.7. The zero-order valence-electron chi connectivity index (χ0n) is 12.3.